The lowest BCUT2D eigenvalue weighted by molar-refractivity contribution is -0.114. The molecule has 0 saturated heterocycles. The van der Waals surface area contributed by atoms with Gasteiger partial charge in [-0.3, -0.25) is 14.9 Å². The molecule has 0 atom stereocenters. The van der Waals surface area contributed by atoms with E-state index < -0.39 is 0 Å². The highest BCUT2D eigenvalue weighted by molar-refractivity contribution is 7.20. The zero-order valence-electron chi connectivity index (χ0n) is 17.3. The van der Waals surface area contributed by atoms with Crippen LogP contribution in [0.4, 0.5) is 10.1 Å². The molecule has 0 aliphatic carbocycles. The number of amides is 2. The fraction of sp³-hybridized carbons (Fsp3) is 0.261. The van der Waals surface area contributed by atoms with Crippen LogP contribution < -0.4 is 10.6 Å². The quantitative estimate of drug-likeness (QED) is 0.589. The molecule has 0 spiro atoms. The predicted molar refractivity (Wildman–Crippen MR) is 120 cm³/mol. The largest absolute Gasteiger partial charge is 0.316 e. The van der Waals surface area contributed by atoms with Crippen molar-refractivity contribution in [2.45, 2.75) is 40.0 Å². The van der Waals surface area contributed by atoms with Crippen LogP contribution in [0.15, 0.2) is 48.5 Å². The van der Waals surface area contributed by atoms with Crippen molar-refractivity contribution in [1.82, 2.24) is 4.98 Å². The van der Waals surface area contributed by atoms with E-state index in [4.69, 9.17) is 0 Å². The summed E-state index contributed by atoms with van der Waals surface area (Å²) in [6.07, 6.45) is 0. The summed E-state index contributed by atoms with van der Waals surface area (Å²) in [7, 11) is 0. The first-order chi connectivity index (χ1) is 13.6. The molecule has 3 aromatic rings. The first-order valence-electron chi connectivity index (χ1n) is 9.41. The molecule has 0 fully saturated rings. The molecular weight excluding hydrogens is 382 g/mol. The Morgan fingerprint density at radius 1 is 0.931 bits per heavy atom. The van der Waals surface area contributed by atoms with Crippen LogP contribution >= 0.6 is 11.3 Å². The zero-order valence-corrected chi connectivity index (χ0v) is 18.1. The topological polar surface area (TPSA) is 71.1 Å². The lowest BCUT2D eigenvalue weighted by Gasteiger charge is -2.18. The number of hydrogen-bond donors (Lipinski definition) is 2. The molecule has 0 unspecified atom stereocenters. The van der Waals surface area contributed by atoms with Gasteiger partial charge in [-0.05, 0) is 30.0 Å². The van der Waals surface area contributed by atoms with Crippen LogP contribution in [0, 0.1) is 6.92 Å². The summed E-state index contributed by atoms with van der Waals surface area (Å²) < 4.78 is 0. The van der Waals surface area contributed by atoms with E-state index in [0.29, 0.717) is 21.4 Å². The second kappa shape index (κ2) is 8.17. The van der Waals surface area contributed by atoms with E-state index >= 15 is 0 Å². The van der Waals surface area contributed by atoms with Crippen LogP contribution in [0.25, 0.3) is 11.3 Å². The number of aryl methyl sites for hydroxylation is 1. The normalized spacial score (nSPS) is 11.2. The molecule has 0 bridgehead atoms. The molecule has 29 heavy (non-hydrogen) atoms. The van der Waals surface area contributed by atoms with Crippen LogP contribution in [0.3, 0.4) is 0 Å². The Balaban J connectivity index is 1.86. The van der Waals surface area contributed by atoms with Crippen LogP contribution in [-0.2, 0) is 10.2 Å². The number of anilines is 2. The number of rotatable bonds is 4. The lowest BCUT2D eigenvalue weighted by Crippen LogP contribution is -2.14. The molecule has 1 aromatic heterocycles. The molecule has 6 heteroatoms. The third-order valence-corrected chi connectivity index (χ3v) is 5.36. The number of nitrogens with zero attached hydrogens (tertiary/aromatic N) is 1. The minimum atomic E-state index is -0.232. The molecule has 0 aliphatic rings. The maximum Gasteiger partial charge on any atom is 0.257 e. The predicted octanol–water partition coefficient (Wildman–Crippen LogP) is 5.63. The highest BCUT2D eigenvalue weighted by atomic mass is 32.1. The second-order valence-electron chi connectivity index (χ2n) is 8.03. The van der Waals surface area contributed by atoms with Gasteiger partial charge >= 0.3 is 0 Å². The number of benzene rings is 2. The average Bonchev–Trinajstić information content (AvgIpc) is 3.03. The van der Waals surface area contributed by atoms with E-state index in [-0.39, 0.29) is 17.2 Å². The summed E-state index contributed by atoms with van der Waals surface area (Å²) in [5.41, 5.74) is 4.41. The van der Waals surface area contributed by atoms with Gasteiger partial charge in [-0.1, -0.05) is 74.1 Å². The van der Waals surface area contributed by atoms with Crippen molar-refractivity contribution in [3.8, 4) is 11.3 Å². The molecule has 3 rings (SSSR count). The number of thiazole rings is 1. The molecular formula is C23H25N3O2S. The summed E-state index contributed by atoms with van der Waals surface area (Å²) in [4.78, 5) is 28.8. The minimum absolute atomic E-state index is 0.0283. The molecule has 150 valence electrons. The molecule has 0 saturated carbocycles. The Morgan fingerprint density at radius 2 is 1.55 bits per heavy atom. The second-order valence-corrected chi connectivity index (χ2v) is 9.02. The van der Waals surface area contributed by atoms with Gasteiger partial charge in [0.05, 0.1) is 0 Å². The minimum Gasteiger partial charge on any atom is -0.316 e. The summed E-state index contributed by atoms with van der Waals surface area (Å²) in [6.45, 7) is 9.86. The summed E-state index contributed by atoms with van der Waals surface area (Å²) in [6, 6.07) is 15.5. The van der Waals surface area contributed by atoms with Gasteiger partial charge in [0, 0.05) is 18.1 Å². The third kappa shape index (κ3) is 5.09. The van der Waals surface area contributed by atoms with Gasteiger partial charge in [-0.15, -0.1) is 0 Å². The average molecular weight is 408 g/mol. The first-order valence-corrected chi connectivity index (χ1v) is 10.2. The lowest BCUT2D eigenvalue weighted by atomic mass is 9.87. The van der Waals surface area contributed by atoms with Crippen molar-refractivity contribution in [3.05, 3.63) is 65.2 Å². The van der Waals surface area contributed by atoms with Crippen molar-refractivity contribution in [2.24, 2.45) is 0 Å². The van der Waals surface area contributed by atoms with Crippen molar-refractivity contribution in [2.75, 3.05) is 10.6 Å². The SMILES string of the molecule is CC(=O)Nc1sc(NC(=O)c2ccc(C(C)(C)C)cc2)nc1-c1ccc(C)cc1. The van der Waals surface area contributed by atoms with E-state index in [1.54, 1.807) is 0 Å². The van der Waals surface area contributed by atoms with Crippen molar-refractivity contribution in [3.63, 3.8) is 0 Å². The Kier molecular flexibility index (Phi) is 5.84. The van der Waals surface area contributed by atoms with Crippen molar-refractivity contribution in [1.29, 1.82) is 0 Å². The molecule has 2 aromatic carbocycles. The fourth-order valence-electron chi connectivity index (χ4n) is 2.82. The summed E-state index contributed by atoms with van der Waals surface area (Å²) >= 11 is 1.24. The maximum absolute atomic E-state index is 12.7. The van der Waals surface area contributed by atoms with E-state index in [1.165, 1.54) is 18.3 Å². The Bertz CT molecular complexity index is 1030. The molecule has 5 nitrogen and oxygen atoms in total. The summed E-state index contributed by atoms with van der Waals surface area (Å²) in [5, 5.41) is 6.71. The van der Waals surface area contributed by atoms with Crippen molar-refractivity contribution < 1.29 is 9.59 Å². The number of carbonyl (C=O) groups excluding carboxylic acids is 2. The summed E-state index contributed by atoms with van der Waals surface area (Å²) in [5.74, 6) is -0.415. The first kappa shape index (κ1) is 20.7. The zero-order chi connectivity index (χ0) is 21.2. The van der Waals surface area contributed by atoms with E-state index in [1.807, 2.05) is 55.5 Å². The van der Waals surface area contributed by atoms with Gasteiger partial charge < -0.3 is 5.32 Å². The van der Waals surface area contributed by atoms with Gasteiger partial charge in [-0.2, -0.15) is 0 Å². The van der Waals surface area contributed by atoms with Gasteiger partial charge in [-0.25, -0.2) is 4.98 Å². The third-order valence-electron chi connectivity index (χ3n) is 4.48. The van der Waals surface area contributed by atoms with E-state index in [9.17, 15) is 9.59 Å². The van der Waals surface area contributed by atoms with Crippen LogP contribution in [0.2, 0.25) is 0 Å². The van der Waals surface area contributed by atoms with Gasteiger partial charge in [0.1, 0.15) is 10.7 Å². The van der Waals surface area contributed by atoms with Crippen LogP contribution in [-0.4, -0.2) is 16.8 Å². The number of carbonyl (C=O) groups is 2. The number of hydrogen-bond acceptors (Lipinski definition) is 4. The van der Waals surface area contributed by atoms with Gasteiger partial charge in [0.15, 0.2) is 5.13 Å². The Labute approximate surface area is 175 Å². The number of nitrogens with one attached hydrogen (secondary N) is 2. The van der Waals surface area contributed by atoms with Crippen LogP contribution in [0.1, 0.15) is 49.2 Å². The fourth-order valence-corrected chi connectivity index (χ4v) is 3.75. The number of aromatic nitrogens is 1. The smallest absolute Gasteiger partial charge is 0.257 e. The molecule has 2 N–H and O–H groups in total. The van der Waals surface area contributed by atoms with Crippen LogP contribution in [0.5, 0.6) is 0 Å². The molecule has 0 radical (unpaired) electrons. The molecule has 2 amide bonds. The highest BCUT2D eigenvalue weighted by Crippen LogP contribution is 2.36. The van der Waals surface area contributed by atoms with Crippen molar-refractivity contribution >= 4 is 33.3 Å². The maximum atomic E-state index is 12.7. The molecule has 1 heterocycles. The highest BCUT2D eigenvalue weighted by Gasteiger charge is 2.18. The van der Waals surface area contributed by atoms with Gasteiger partial charge in [0.25, 0.3) is 5.91 Å². The Morgan fingerprint density at radius 3 is 2.10 bits per heavy atom. The Hall–Kier alpha value is -2.99. The molecule has 0 aliphatic heterocycles. The standard InChI is InChI=1S/C23H25N3O2S/c1-14-6-8-16(9-7-14)19-21(24-15(2)27)29-22(25-19)26-20(28)17-10-12-18(13-11-17)23(3,4)5/h6-13H,1-5H3,(H,24,27)(H,25,26,28). The van der Waals surface area contributed by atoms with E-state index in [2.05, 4.69) is 36.4 Å². The van der Waals surface area contributed by atoms with E-state index in [0.717, 1.165) is 16.7 Å². The van der Waals surface area contributed by atoms with Gasteiger partial charge in [0.2, 0.25) is 5.91 Å². The monoisotopic (exact) mass is 407 g/mol.